The summed E-state index contributed by atoms with van der Waals surface area (Å²) in [6, 6.07) is 18.1. The van der Waals surface area contributed by atoms with Gasteiger partial charge in [-0.1, -0.05) is 24.6 Å². The second-order valence-electron chi connectivity index (χ2n) is 11.4. The maximum absolute atomic E-state index is 13.4. The molecule has 43 heavy (non-hydrogen) atoms. The van der Waals surface area contributed by atoms with Crippen LogP contribution in [-0.2, 0) is 29.2 Å². The lowest BCUT2D eigenvalue weighted by molar-refractivity contribution is -0.136. The maximum Gasteiger partial charge on any atom is 0.255 e. The Kier molecular flexibility index (Phi) is 8.07. The Balaban J connectivity index is 1.10. The van der Waals surface area contributed by atoms with E-state index in [1.807, 2.05) is 30.3 Å². The predicted octanol–water partition coefficient (Wildman–Crippen LogP) is 2.96. The zero-order valence-corrected chi connectivity index (χ0v) is 23.8. The summed E-state index contributed by atoms with van der Waals surface area (Å²) in [5.74, 6) is -0.285. The standard InChI is InChI=1S/C33H33N5O5/c34-17-22-5-3-6-23(15-22)18-37-14-4-7-24(32(37)41)19-36-13-2-1-8-26(36)21-43-27-9-10-28-25(16-27)20-38(33(28)42)29-11-12-30(39)35-31(29)40/h3-7,9-10,14-16,26,29H,1-2,8,11-13,18-21H2,(H,35,39,40)/t26-,29?/m0/s1. The molecule has 2 fully saturated rings. The normalized spacial score (nSPS) is 20.4. The highest BCUT2D eigenvalue weighted by Gasteiger charge is 2.39. The highest BCUT2D eigenvalue weighted by Crippen LogP contribution is 2.30. The molecule has 0 saturated carbocycles. The van der Waals surface area contributed by atoms with E-state index >= 15 is 0 Å². The number of fused-ring (bicyclic) bond motifs is 1. The number of likely N-dealkylation sites (tertiary alicyclic amines) is 1. The maximum atomic E-state index is 13.4. The number of rotatable bonds is 8. The van der Waals surface area contributed by atoms with E-state index in [0.717, 1.165) is 42.5 Å². The highest BCUT2D eigenvalue weighted by atomic mass is 16.5. The summed E-state index contributed by atoms with van der Waals surface area (Å²) in [6.07, 6.45) is 5.41. The van der Waals surface area contributed by atoms with Gasteiger partial charge in [-0.2, -0.15) is 5.26 Å². The largest absolute Gasteiger partial charge is 0.492 e. The lowest BCUT2D eigenvalue weighted by Crippen LogP contribution is -2.52. The Morgan fingerprint density at radius 2 is 1.86 bits per heavy atom. The molecule has 1 aromatic heterocycles. The number of imide groups is 1. The van der Waals surface area contributed by atoms with Crippen LogP contribution in [0.25, 0.3) is 0 Å². The molecule has 2 atom stereocenters. The fraction of sp³-hybridized carbons (Fsp3) is 0.364. The number of benzene rings is 2. The Labute approximate surface area is 249 Å². The van der Waals surface area contributed by atoms with Gasteiger partial charge in [0.15, 0.2) is 0 Å². The number of amides is 3. The van der Waals surface area contributed by atoms with Crippen molar-refractivity contribution in [2.45, 2.75) is 63.8 Å². The first-order valence-electron chi connectivity index (χ1n) is 14.7. The van der Waals surface area contributed by atoms with Crippen molar-refractivity contribution in [1.82, 2.24) is 19.7 Å². The van der Waals surface area contributed by atoms with E-state index in [4.69, 9.17) is 4.74 Å². The van der Waals surface area contributed by atoms with E-state index in [2.05, 4.69) is 16.3 Å². The summed E-state index contributed by atoms with van der Waals surface area (Å²) in [5.41, 5.74) is 3.50. The lowest BCUT2D eigenvalue weighted by atomic mass is 10.0. The van der Waals surface area contributed by atoms with Crippen molar-refractivity contribution >= 4 is 17.7 Å². The predicted molar refractivity (Wildman–Crippen MR) is 157 cm³/mol. The minimum absolute atomic E-state index is 0.0426. The van der Waals surface area contributed by atoms with Gasteiger partial charge in [-0.3, -0.25) is 29.4 Å². The van der Waals surface area contributed by atoms with Crippen LogP contribution in [0.2, 0.25) is 0 Å². The average molecular weight is 580 g/mol. The van der Waals surface area contributed by atoms with E-state index in [0.29, 0.717) is 49.5 Å². The Hall–Kier alpha value is -4.75. The third kappa shape index (κ3) is 6.08. The summed E-state index contributed by atoms with van der Waals surface area (Å²) < 4.78 is 7.93. The number of ether oxygens (including phenoxy) is 1. The van der Waals surface area contributed by atoms with Crippen LogP contribution in [0.4, 0.5) is 0 Å². The first-order valence-corrected chi connectivity index (χ1v) is 14.7. The van der Waals surface area contributed by atoms with Gasteiger partial charge in [-0.15, -0.1) is 0 Å². The van der Waals surface area contributed by atoms with Gasteiger partial charge in [0.2, 0.25) is 11.8 Å². The Morgan fingerprint density at radius 1 is 0.977 bits per heavy atom. The zero-order valence-electron chi connectivity index (χ0n) is 23.8. The first-order chi connectivity index (χ1) is 20.9. The van der Waals surface area contributed by atoms with Gasteiger partial charge in [-0.05, 0) is 73.3 Å². The van der Waals surface area contributed by atoms with E-state index < -0.39 is 11.9 Å². The molecule has 0 radical (unpaired) electrons. The monoisotopic (exact) mass is 579 g/mol. The molecule has 0 spiro atoms. The highest BCUT2D eigenvalue weighted by molar-refractivity contribution is 6.05. The fourth-order valence-corrected chi connectivity index (χ4v) is 6.28. The average Bonchev–Trinajstić information content (AvgIpc) is 3.33. The third-order valence-corrected chi connectivity index (χ3v) is 8.57. The minimum atomic E-state index is -0.650. The number of pyridine rings is 1. The van der Waals surface area contributed by atoms with Crippen molar-refractivity contribution in [3.05, 3.63) is 99.0 Å². The van der Waals surface area contributed by atoms with Gasteiger partial charge in [0.1, 0.15) is 18.4 Å². The van der Waals surface area contributed by atoms with Crippen molar-refractivity contribution in [1.29, 1.82) is 5.26 Å². The Bertz CT molecular complexity index is 1670. The van der Waals surface area contributed by atoms with E-state index in [1.165, 1.54) is 4.90 Å². The first kappa shape index (κ1) is 28.4. The van der Waals surface area contributed by atoms with E-state index in [9.17, 15) is 24.4 Å². The molecule has 1 N–H and O–H groups in total. The van der Waals surface area contributed by atoms with E-state index in [1.54, 1.807) is 35.0 Å². The molecule has 10 heteroatoms. The number of nitrogens with one attached hydrogen (secondary N) is 1. The summed E-state index contributed by atoms with van der Waals surface area (Å²) in [6.45, 7) is 2.54. The molecule has 10 nitrogen and oxygen atoms in total. The quantitative estimate of drug-likeness (QED) is 0.407. The molecule has 0 aliphatic carbocycles. The molecule has 6 rings (SSSR count). The molecular formula is C33H33N5O5. The van der Waals surface area contributed by atoms with Gasteiger partial charge in [0.25, 0.3) is 11.5 Å². The number of hydrogen-bond donors (Lipinski definition) is 1. The van der Waals surface area contributed by atoms with Crippen LogP contribution in [0.15, 0.2) is 65.6 Å². The van der Waals surface area contributed by atoms with Crippen molar-refractivity contribution in [2.75, 3.05) is 13.2 Å². The number of hydrogen-bond acceptors (Lipinski definition) is 7. The lowest BCUT2D eigenvalue weighted by Gasteiger charge is -2.35. The number of aromatic nitrogens is 1. The molecule has 3 aliphatic heterocycles. The summed E-state index contributed by atoms with van der Waals surface area (Å²) in [4.78, 5) is 54.1. The van der Waals surface area contributed by atoms with Crippen molar-refractivity contribution in [3.8, 4) is 11.8 Å². The second kappa shape index (κ2) is 12.2. The Morgan fingerprint density at radius 3 is 2.70 bits per heavy atom. The van der Waals surface area contributed by atoms with Crippen molar-refractivity contribution < 1.29 is 19.1 Å². The molecule has 4 heterocycles. The smallest absolute Gasteiger partial charge is 0.255 e. The van der Waals surface area contributed by atoms with Crippen LogP contribution >= 0.6 is 0 Å². The molecule has 2 aromatic carbocycles. The molecule has 3 amide bonds. The zero-order chi connectivity index (χ0) is 29.9. The van der Waals surface area contributed by atoms with Gasteiger partial charge >= 0.3 is 0 Å². The van der Waals surface area contributed by atoms with Crippen LogP contribution in [0, 0.1) is 11.3 Å². The van der Waals surface area contributed by atoms with Crippen molar-refractivity contribution in [3.63, 3.8) is 0 Å². The van der Waals surface area contributed by atoms with Crippen LogP contribution in [0.5, 0.6) is 5.75 Å². The van der Waals surface area contributed by atoms with Crippen LogP contribution < -0.4 is 15.6 Å². The third-order valence-electron chi connectivity index (χ3n) is 8.57. The van der Waals surface area contributed by atoms with Gasteiger partial charge < -0.3 is 14.2 Å². The van der Waals surface area contributed by atoms with Gasteiger partial charge in [-0.25, -0.2) is 0 Å². The summed E-state index contributed by atoms with van der Waals surface area (Å²) in [7, 11) is 0. The number of piperidine rings is 2. The van der Waals surface area contributed by atoms with Crippen molar-refractivity contribution in [2.24, 2.45) is 0 Å². The number of nitriles is 1. The fourth-order valence-electron chi connectivity index (χ4n) is 6.28. The topological polar surface area (TPSA) is 125 Å². The molecule has 2 saturated heterocycles. The summed E-state index contributed by atoms with van der Waals surface area (Å²) >= 11 is 0. The molecule has 0 bridgehead atoms. The van der Waals surface area contributed by atoms with Gasteiger partial charge in [0, 0.05) is 42.9 Å². The number of nitrogens with zero attached hydrogens (tertiary/aromatic N) is 4. The summed E-state index contributed by atoms with van der Waals surface area (Å²) in [5, 5.41) is 11.5. The SMILES string of the molecule is N#Cc1cccc(Cn2cccc(CN3CCCC[C@H]3COc3ccc4c(c3)CN(C3CCC(=O)NC3=O)C4=O)c2=O)c1. The van der Waals surface area contributed by atoms with Crippen LogP contribution in [-0.4, -0.2) is 57.3 Å². The van der Waals surface area contributed by atoms with Gasteiger partial charge in [0.05, 0.1) is 18.2 Å². The number of carbonyl (C=O) groups is 3. The van der Waals surface area contributed by atoms with Crippen LogP contribution in [0.1, 0.15) is 64.7 Å². The molecule has 3 aromatic rings. The van der Waals surface area contributed by atoms with Crippen LogP contribution in [0.3, 0.4) is 0 Å². The number of carbonyl (C=O) groups excluding carboxylic acids is 3. The molecule has 3 aliphatic rings. The second-order valence-corrected chi connectivity index (χ2v) is 11.4. The van der Waals surface area contributed by atoms with E-state index in [-0.39, 0.29) is 29.8 Å². The minimum Gasteiger partial charge on any atom is -0.492 e. The molecular weight excluding hydrogens is 546 g/mol. The molecule has 1 unspecified atom stereocenters. The molecule has 220 valence electrons.